The summed E-state index contributed by atoms with van der Waals surface area (Å²) in [5.74, 6) is -0.423. The molecule has 0 aliphatic rings. The lowest BCUT2D eigenvalue weighted by Gasteiger charge is -2.06. The van der Waals surface area contributed by atoms with Crippen LogP contribution in [0.4, 0.5) is 10.6 Å². The topological polar surface area (TPSA) is 84.0 Å². The predicted octanol–water partition coefficient (Wildman–Crippen LogP) is 2.75. The van der Waals surface area contributed by atoms with Crippen molar-refractivity contribution in [1.29, 1.82) is 0 Å². The molecule has 0 aliphatic carbocycles. The van der Waals surface area contributed by atoms with Crippen LogP contribution in [0.15, 0.2) is 36.5 Å². The van der Waals surface area contributed by atoms with Gasteiger partial charge < -0.3 is 0 Å². The lowest BCUT2D eigenvalue weighted by atomic mass is 10.2. The van der Waals surface area contributed by atoms with E-state index in [1.54, 1.807) is 6.07 Å². The molecule has 0 atom stereocenters. The highest BCUT2D eigenvalue weighted by Gasteiger charge is 2.14. The minimum Gasteiger partial charge on any atom is -0.290 e. The molecule has 8 heteroatoms. The van der Waals surface area contributed by atoms with Crippen LogP contribution in [0.3, 0.4) is 0 Å². The number of imide groups is 1. The van der Waals surface area contributed by atoms with Crippen molar-refractivity contribution in [2.75, 3.05) is 5.32 Å². The molecular formula is C12H8Cl2N4O2. The van der Waals surface area contributed by atoms with Gasteiger partial charge in [0, 0.05) is 11.2 Å². The van der Waals surface area contributed by atoms with E-state index in [1.165, 1.54) is 30.5 Å². The van der Waals surface area contributed by atoms with Crippen LogP contribution in [0.25, 0.3) is 0 Å². The Morgan fingerprint density at radius 2 is 1.95 bits per heavy atom. The monoisotopic (exact) mass is 310 g/mol. The van der Waals surface area contributed by atoms with Crippen molar-refractivity contribution in [3.05, 3.63) is 52.1 Å². The maximum Gasteiger partial charge on any atom is 0.327 e. The number of urea groups is 1. The Bertz CT molecular complexity index is 649. The number of aromatic nitrogens is 2. The Balaban J connectivity index is 2.02. The second-order valence-corrected chi connectivity index (χ2v) is 4.48. The van der Waals surface area contributed by atoms with Gasteiger partial charge in [0.05, 0.1) is 10.6 Å². The van der Waals surface area contributed by atoms with Gasteiger partial charge in [-0.1, -0.05) is 23.2 Å². The van der Waals surface area contributed by atoms with Gasteiger partial charge in [-0.3, -0.25) is 15.4 Å². The summed E-state index contributed by atoms with van der Waals surface area (Å²) >= 11 is 11.6. The third kappa shape index (κ3) is 3.66. The fraction of sp³-hybridized carbons (Fsp3) is 0. The zero-order chi connectivity index (χ0) is 14.5. The van der Waals surface area contributed by atoms with E-state index in [2.05, 4.69) is 20.8 Å². The van der Waals surface area contributed by atoms with Crippen molar-refractivity contribution in [1.82, 2.24) is 15.5 Å². The zero-order valence-corrected chi connectivity index (χ0v) is 11.4. The van der Waals surface area contributed by atoms with Gasteiger partial charge in [0.1, 0.15) is 0 Å². The lowest BCUT2D eigenvalue weighted by Crippen LogP contribution is -2.34. The second-order valence-electron chi connectivity index (χ2n) is 3.64. The standard InChI is InChI=1S/C12H8Cl2N4O2/c13-7-3-4-8(9(14)6-7)11(19)17-12(20)16-10-2-1-5-15-18-10/h1-6H,(H2,16,17,18,19,20). The number of hydrogen-bond donors (Lipinski definition) is 2. The molecule has 6 nitrogen and oxygen atoms in total. The van der Waals surface area contributed by atoms with Gasteiger partial charge in [0.15, 0.2) is 5.82 Å². The van der Waals surface area contributed by atoms with E-state index in [-0.39, 0.29) is 16.4 Å². The molecule has 0 aliphatic heterocycles. The van der Waals surface area contributed by atoms with E-state index in [9.17, 15) is 9.59 Å². The van der Waals surface area contributed by atoms with E-state index in [0.717, 1.165) is 0 Å². The third-order valence-electron chi connectivity index (χ3n) is 2.22. The highest BCUT2D eigenvalue weighted by atomic mass is 35.5. The summed E-state index contributed by atoms with van der Waals surface area (Å²) in [4.78, 5) is 23.4. The van der Waals surface area contributed by atoms with E-state index >= 15 is 0 Å². The molecule has 0 unspecified atom stereocenters. The van der Waals surface area contributed by atoms with Crippen LogP contribution in [-0.2, 0) is 0 Å². The zero-order valence-electron chi connectivity index (χ0n) is 9.93. The minimum atomic E-state index is -0.735. The van der Waals surface area contributed by atoms with Crippen molar-refractivity contribution in [3.8, 4) is 0 Å². The number of amides is 3. The Hall–Kier alpha value is -2.18. The highest BCUT2D eigenvalue weighted by Crippen LogP contribution is 2.20. The number of carbonyl (C=O) groups excluding carboxylic acids is 2. The number of hydrogen-bond acceptors (Lipinski definition) is 4. The number of halogens is 2. The summed E-state index contributed by atoms with van der Waals surface area (Å²) in [5, 5.41) is 12.3. The molecule has 20 heavy (non-hydrogen) atoms. The minimum absolute atomic E-state index is 0.144. The van der Waals surface area contributed by atoms with E-state index in [1.807, 2.05) is 0 Å². The number of nitrogens with one attached hydrogen (secondary N) is 2. The molecule has 2 aromatic rings. The summed E-state index contributed by atoms with van der Waals surface area (Å²) in [7, 11) is 0. The summed E-state index contributed by atoms with van der Waals surface area (Å²) in [5.41, 5.74) is 0.144. The fourth-order valence-corrected chi connectivity index (χ4v) is 1.85. The molecule has 0 saturated carbocycles. The van der Waals surface area contributed by atoms with Crippen molar-refractivity contribution < 1.29 is 9.59 Å². The van der Waals surface area contributed by atoms with Crippen molar-refractivity contribution in [2.45, 2.75) is 0 Å². The summed E-state index contributed by atoms with van der Waals surface area (Å²) in [6.45, 7) is 0. The first kappa shape index (κ1) is 14.2. The number of nitrogens with zero attached hydrogens (tertiary/aromatic N) is 2. The molecule has 0 bridgehead atoms. The largest absolute Gasteiger partial charge is 0.327 e. The van der Waals surface area contributed by atoms with Crippen molar-refractivity contribution >= 4 is 41.0 Å². The van der Waals surface area contributed by atoms with Crippen molar-refractivity contribution in [2.24, 2.45) is 0 Å². The molecule has 0 spiro atoms. The van der Waals surface area contributed by atoms with Gasteiger partial charge in [0.25, 0.3) is 5.91 Å². The second kappa shape index (κ2) is 6.31. The summed E-state index contributed by atoms with van der Waals surface area (Å²) < 4.78 is 0. The van der Waals surface area contributed by atoms with Crippen LogP contribution in [0.5, 0.6) is 0 Å². The van der Waals surface area contributed by atoms with Crippen LogP contribution in [0, 0.1) is 0 Å². The Morgan fingerprint density at radius 1 is 1.15 bits per heavy atom. The van der Waals surface area contributed by atoms with Crippen molar-refractivity contribution in [3.63, 3.8) is 0 Å². The number of rotatable bonds is 2. The molecule has 1 aromatic heterocycles. The van der Waals surface area contributed by atoms with Gasteiger partial charge >= 0.3 is 6.03 Å². The molecule has 0 radical (unpaired) electrons. The maximum absolute atomic E-state index is 11.8. The van der Waals surface area contributed by atoms with Gasteiger partial charge in [-0.25, -0.2) is 4.79 Å². The average Bonchev–Trinajstić information content (AvgIpc) is 2.39. The fourth-order valence-electron chi connectivity index (χ4n) is 1.36. The number of carbonyl (C=O) groups is 2. The van der Waals surface area contributed by atoms with Crippen LogP contribution in [0.2, 0.25) is 10.0 Å². The van der Waals surface area contributed by atoms with Crippen LogP contribution >= 0.6 is 23.2 Å². The quantitative estimate of drug-likeness (QED) is 0.893. The van der Waals surface area contributed by atoms with Crippen LogP contribution in [0.1, 0.15) is 10.4 Å². The first-order chi connectivity index (χ1) is 9.56. The smallest absolute Gasteiger partial charge is 0.290 e. The van der Waals surface area contributed by atoms with Crippen LogP contribution in [-0.4, -0.2) is 22.1 Å². The SMILES string of the molecule is O=C(NC(=O)c1ccc(Cl)cc1Cl)Nc1cccnn1. The predicted molar refractivity (Wildman–Crippen MR) is 75.0 cm³/mol. The lowest BCUT2D eigenvalue weighted by molar-refractivity contribution is 0.0967. The first-order valence-electron chi connectivity index (χ1n) is 5.41. The van der Waals surface area contributed by atoms with E-state index in [4.69, 9.17) is 23.2 Å². The van der Waals surface area contributed by atoms with Gasteiger partial charge in [-0.05, 0) is 30.3 Å². The molecule has 1 aromatic carbocycles. The maximum atomic E-state index is 11.8. The Kier molecular flexibility index (Phi) is 4.49. The highest BCUT2D eigenvalue weighted by molar-refractivity contribution is 6.37. The van der Waals surface area contributed by atoms with Gasteiger partial charge in [-0.2, -0.15) is 5.10 Å². The van der Waals surface area contributed by atoms with Crippen LogP contribution < -0.4 is 10.6 Å². The molecule has 3 amide bonds. The number of benzene rings is 1. The van der Waals surface area contributed by atoms with E-state index < -0.39 is 11.9 Å². The average molecular weight is 311 g/mol. The van der Waals surface area contributed by atoms with Gasteiger partial charge in [0.2, 0.25) is 0 Å². The molecule has 1 heterocycles. The molecule has 0 fully saturated rings. The molecule has 2 rings (SSSR count). The van der Waals surface area contributed by atoms with E-state index in [0.29, 0.717) is 5.02 Å². The molecule has 2 N–H and O–H groups in total. The first-order valence-corrected chi connectivity index (χ1v) is 6.17. The summed E-state index contributed by atoms with van der Waals surface area (Å²) in [6, 6.07) is 6.74. The Labute approximate surface area is 124 Å². The molecule has 102 valence electrons. The normalized spacial score (nSPS) is 9.90. The Morgan fingerprint density at radius 3 is 2.60 bits per heavy atom. The molecule has 0 saturated heterocycles. The molecular weight excluding hydrogens is 303 g/mol. The summed E-state index contributed by atoms with van der Waals surface area (Å²) in [6.07, 6.45) is 1.46. The van der Waals surface area contributed by atoms with Gasteiger partial charge in [-0.15, -0.1) is 5.10 Å². The number of anilines is 1. The third-order valence-corrected chi connectivity index (χ3v) is 2.76.